The number of fused-ring (bicyclic) bond motifs is 1. The molecule has 0 unspecified atom stereocenters. The second kappa shape index (κ2) is 7.52. The van der Waals surface area contributed by atoms with Crippen molar-refractivity contribution in [2.75, 3.05) is 0 Å². The number of rotatable bonds is 3. The van der Waals surface area contributed by atoms with E-state index >= 15 is 0 Å². The fraction of sp³-hybridized carbons (Fsp3) is 0.375. The Morgan fingerprint density at radius 2 is 1.88 bits per heavy atom. The van der Waals surface area contributed by atoms with Crippen LogP contribution in [0.3, 0.4) is 0 Å². The normalized spacial score (nSPS) is 13.6. The van der Waals surface area contributed by atoms with Crippen LogP contribution in [0.25, 0.3) is 0 Å². The smallest absolute Gasteiger partial charge is 0.279 e. The SMILES string of the molecule is O=C(Cn1nc2n(c1=O)CCCCC2)NNC(=O)c1ccc(Cl)cc1. The van der Waals surface area contributed by atoms with Gasteiger partial charge in [0.05, 0.1) is 0 Å². The number of carbonyl (C=O) groups excluding carboxylic acids is 2. The predicted molar refractivity (Wildman–Crippen MR) is 91.1 cm³/mol. The van der Waals surface area contributed by atoms with Crippen LogP contribution in [-0.2, 0) is 24.3 Å². The van der Waals surface area contributed by atoms with Crippen LogP contribution >= 0.6 is 11.6 Å². The van der Waals surface area contributed by atoms with Gasteiger partial charge in [-0.2, -0.15) is 5.10 Å². The van der Waals surface area contributed by atoms with E-state index in [0.717, 1.165) is 30.4 Å². The molecule has 0 bridgehead atoms. The highest BCUT2D eigenvalue weighted by Crippen LogP contribution is 2.10. The Bertz CT molecular complexity index is 840. The number of amides is 2. The molecule has 25 heavy (non-hydrogen) atoms. The summed E-state index contributed by atoms with van der Waals surface area (Å²) in [6, 6.07) is 6.24. The van der Waals surface area contributed by atoms with E-state index < -0.39 is 11.8 Å². The molecular weight excluding hydrogens is 346 g/mol. The first-order valence-electron chi connectivity index (χ1n) is 8.06. The molecule has 3 rings (SSSR count). The molecule has 2 N–H and O–H groups in total. The van der Waals surface area contributed by atoms with Crippen LogP contribution < -0.4 is 16.5 Å². The summed E-state index contributed by atoms with van der Waals surface area (Å²) in [5, 5.41) is 4.74. The number of halogens is 1. The van der Waals surface area contributed by atoms with Gasteiger partial charge < -0.3 is 0 Å². The van der Waals surface area contributed by atoms with Crippen molar-refractivity contribution in [1.29, 1.82) is 0 Å². The van der Waals surface area contributed by atoms with Crippen molar-refractivity contribution in [1.82, 2.24) is 25.2 Å². The zero-order chi connectivity index (χ0) is 17.8. The summed E-state index contributed by atoms with van der Waals surface area (Å²) < 4.78 is 2.75. The van der Waals surface area contributed by atoms with Gasteiger partial charge in [-0.15, -0.1) is 0 Å². The molecule has 1 aromatic heterocycles. The van der Waals surface area contributed by atoms with Gasteiger partial charge in [-0.3, -0.25) is 25.0 Å². The summed E-state index contributed by atoms with van der Waals surface area (Å²) in [6.07, 6.45) is 3.72. The molecule has 1 aliphatic heterocycles. The van der Waals surface area contributed by atoms with E-state index in [1.807, 2.05) is 0 Å². The molecule has 0 aliphatic carbocycles. The summed E-state index contributed by atoms with van der Waals surface area (Å²) in [6.45, 7) is 0.378. The zero-order valence-corrected chi connectivity index (χ0v) is 14.3. The molecule has 0 saturated carbocycles. The largest absolute Gasteiger partial charge is 0.346 e. The van der Waals surface area contributed by atoms with Gasteiger partial charge in [-0.25, -0.2) is 9.48 Å². The number of aromatic nitrogens is 3. The van der Waals surface area contributed by atoms with Crippen LogP contribution in [0.2, 0.25) is 5.02 Å². The van der Waals surface area contributed by atoms with Gasteiger partial charge in [0.1, 0.15) is 12.4 Å². The van der Waals surface area contributed by atoms with Crippen LogP contribution in [0.15, 0.2) is 29.1 Å². The summed E-state index contributed by atoms with van der Waals surface area (Å²) in [5.41, 5.74) is 4.64. The van der Waals surface area contributed by atoms with E-state index in [1.165, 1.54) is 0 Å². The first-order chi connectivity index (χ1) is 12.0. The molecular formula is C16H18ClN5O3. The van der Waals surface area contributed by atoms with Crippen molar-refractivity contribution in [2.24, 2.45) is 0 Å². The fourth-order valence-electron chi connectivity index (χ4n) is 2.70. The van der Waals surface area contributed by atoms with Crippen molar-refractivity contribution in [3.05, 3.63) is 51.2 Å². The number of hydrogen-bond donors (Lipinski definition) is 2. The minimum absolute atomic E-state index is 0.250. The van der Waals surface area contributed by atoms with E-state index in [2.05, 4.69) is 16.0 Å². The second-order valence-corrected chi connectivity index (χ2v) is 6.26. The highest BCUT2D eigenvalue weighted by atomic mass is 35.5. The number of nitrogens with zero attached hydrogens (tertiary/aromatic N) is 3. The molecule has 1 aliphatic rings. The van der Waals surface area contributed by atoms with Crippen molar-refractivity contribution in [3.8, 4) is 0 Å². The number of hydrogen-bond acceptors (Lipinski definition) is 4. The number of hydrazine groups is 1. The molecule has 2 heterocycles. The van der Waals surface area contributed by atoms with Gasteiger partial charge in [0.15, 0.2) is 0 Å². The quantitative estimate of drug-likeness (QED) is 0.791. The maximum atomic E-state index is 12.3. The zero-order valence-electron chi connectivity index (χ0n) is 13.5. The monoisotopic (exact) mass is 363 g/mol. The highest BCUT2D eigenvalue weighted by molar-refractivity contribution is 6.30. The number of aryl methyl sites for hydroxylation is 1. The second-order valence-electron chi connectivity index (χ2n) is 5.83. The van der Waals surface area contributed by atoms with Gasteiger partial charge >= 0.3 is 5.69 Å². The standard InChI is InChI=1S/C16H18ClN5O3/c17-12-7-5-11(6-8-12)15(24)19-18-14(23)10-22-16(25)21-9-3-1-2-4-13(21)20-22/h5-8H,1-4,9-10H2,(H,18,23)(H,19,24). The van der Waals surface area contributed by atoms with Crippen LogP contribution in [0.1, 0.15) is 35.4 Å². The Hall–Kier alpha value is -2.61. The Morgan fingerprint density at radius 3 is 2.64 bits per heavy atom. The molecule has 0 saturated heterocycles. The van der Waals surface area contributed by atoms with Gasteiger partial charge in [0.25, 0.3) is 11.8 Å². The molecule has 0 atom stereocenters. The first kappa shape index (κ1) is 17.2. The van der Waals surface area contributed by atoms with E-state index in [-0.39, 0.29) is 12.2 Å². The van der Waals surface area contributed by atoms with E-state index in [1.54, 1.807) is 28.8 Å². The summed E-state index contributed by atoms with van der Waals surface area (Å²) in [7, 11) is 0. The van der Waals surface area contributed by atoms with E-state index in [4.69, 9.17) is 11.6 Å². The lowest BCUT2D eigenvalue weighted by Gasteiger charge is -2.07. The molecule has 2 aromatic rings. The maximum Gasteiger partial charge on any atom is 0.346 e. The number of carbonyl (C=O) groups is 2. The Morgan fingerprint density at radius 1 is 1.12 bits per heavy atom. The maximum absolute atomic E-state index is 12.3. The summed E-state index contributed by atoms with van der Waals surface area (Å²) in [4.78, 5) is 36.2. The Balaban J connectivity index is 1.59. The van der Waals surface area contributed by atoms with Crippen LogP contribution in [0.4, 0.5) is 0 Å². The Kier molecular flexibility index (Phi) is 5.18. The van der Waals surface area contributed by atoms with Crippen molar-refractivity contribution >= 4 is 23.4 Å². The van der Waals surface area contributed by atoms with Gasteiger partial charge in [-0.05, 0) is 37.1 Å². The van der Waals surface area contributed by atoms with E-state index in [0.29, 0.717) is 23.0 Å². The molecule has 0 fully saturated rings. The topological polar surface area (TPSA) is 98.0 Å². The molecule has 0 radical (unpaired) electrons. The average Bonchev–Trinajstić information content (AvgIpc) is 2.77. The molecule has 8 nitrogen and oxygen atoms in total. The lowest BCUT2D eigenvalue weighted by Crippen LogP contribution is -2.44. The minimum Gasteiger partial charge on any atom is -0.279 e. The molecule has 132 valence electrons. The van der Waals surface area contributed by atoms with Gasteiger partial charge in [0.2, 0.25) is 0 Å². The first-order valence-corrected chi connectivity index (χ1v) is 8.43. The molecule has 2 amide bonds. The third-order valence-electron chi connectivity index (χ3n) is 4.00. The summed E-state index contributed by atoms with van der Waals surface area (Å²) in [5.74, 6) is -0.295. The van der Waals surface area contributed by atoms with Crippen molar-refractivity contribution in [3.63, 3.8) is 0 Å². The van der Waals surface area contributed by atoms with Crippen LogP contribution in [0, 0.1) is 0 Å². The Labute approximate surface area is 148 Å². The van der Waals surface area contributed by atoms with Crippen LogP contribution in [-0.4, -0.2) is 26.2 Å². The van der Waals surface area contributed by atoms with Crippen molar-refractivity contribution in [2.45, 2.75) is 38.8 Å². The minimum atomic E-state index is -0.530. The van der Waals surface area contributed by atoms with Gasteiger partial charge in [0, 0.05) is 23.6 Å². The van der Waals surface area contributed by atoms with Crippen LogP contribution in [0.5, 0.6) is 0 Å². The number of nitrogens with one attached hydrogen (secondary N) is 2. The third-order valence-corrected chi connectivity index (χ3v) is 4.25. The fourth-order valence-corrected chi connectivity index (χ4v) is 2.83. The predicted octanol–water partition coefficient (Wildman–Crippen LogP) is 0.886. The molecule has 9 heteroatoms. The molecule has 1 aromatic carbocycles. The van der Waals surface area contributed by atoms with Gasteiger partial charge in [-0.1, -0.05) is 18.0 Å². The molecule has 0 spiro atoms. The number of benzene rings is 1. The van der Waals surface area contributed by atoms with E-state index in [9.17, 15) is 14.4 Å². The lowest BCUT2D eigenvalue weighted by molar-refractivity contribution is -0.122. The summed E-state index contributed by atoms with van der Waals surface area (Å²) >= 11 is 5.76. The highest BCUT2D eigenvalue weighted by Gasteiger charge is 2.17. The third kappa shape index (κ3) is 4.08. The van der Waals surface area contributed by atoms with Crippen molar-refractivity contribution < 1.29 is 9.59 Å². The lowest BCUT2D eigenvalue weighted by atomic mass is 10.2. The average molecular weight is 364 g/mol.